The molecule has 0 N–H and O–H groups in total. The molecule has 0 radical (unpaired) electrons. The van der Waals surface area contributed by atoms with Crippen LogP contribution in [0.4, 0.5) is 10.5 Å². The number of urea groups is 1. The van der Waals surface area contributed by atoms with Crippen molar-refractivity contribution in [2.24, 2.45) is 5.92 Å². The SMILES string of the molecule is O=C1N(CCN2CCC(CCOc3ccccc3)CC2)CCN1c1ccc(Cl)cc1. The molecule has 4 rings (SSSR count). The number of hydrogen-bond donors (Lipinski definition) is 0. The lowest BCUT2D eigenvalue weighted by Gasteiger charge is -2.33. The van der Waals surface area contributed by atoms with Crippen LogP contribution in [0.1, 0.15) is 19.3 Å². The van der Waals surface area contributed by atoms with Crippen LogP contribution < -0.4 is 9.64 Å². The van der Waals surface area contributed by atoms with Gasteiger partial charge in [-0.25, -0.2) is 4.79 Å². The molecule has 0 unspecified atom stereocenters. The Kier molecular flexibility index (Phi) is 7.13. The van der Waals surface area contributed by atoms with Crippen LogP contribution in [0.3, 0.4) is 0 Å². The van der Waals surface area contributed by atoms with Crippen molar-refractivity contribution < 1.29 is 9.53 Å². The Balaban J connectivity index is 1.14. The number of rotatable bonds is 8. The monoisotopic (exact) mass is 427 g/mol. The average Bonchev–Trinajstić information content (AvgIpc) is 3.15. The number of ether oxygens (including phenoxy) is 1. The van der Waals surface area contributed by atoms with Crippen LogP contribution in [-0.4, -0.2) is 61.7 Å². The van der Waals surface area contributed by atoms with Crippen LogP contribution in [0.15, 0.2) is 54.6 Å². The van der Waals surface area contributed by atoms with Crippen LogP contribution >= 0.6 is 11.6 Å². The molecule has 2 aromatic rings. The molecule has 160 valence electrons. The van der Waals surface area contributed by atoms with Gasteiger partial charge in [-0.05, 0) is 74.7 Å². The number of amides is 2. The lowest BCUT2D eigenvalue weighted by Crippen LogP contribution is -2.41. The lowest BCUT2D eigenvalue weighted by molar-refractivity contribution is 0.151. The zero-order chi connectivity index (χ0) is 20.8. The van der Waals surface area contributed by atoms with Crippen LogP contribution in [-0.2, 0) is 0 Å². The summed E-state index contributed by atoms with van der Waals surface area (Å²) in [6.45, 7) is 6.28. The largest absolute Gasteiger partial charge is 0.494 e. The summed E-state index contributed by atoms with van der Waals surface area (Å²) in [5, 5.41) is 0.692. The number of para-hydroxylation sites is 1. The molecule has 0 aromatic heterocycles. The summed E-state index contributed by atoms with van der Waals surface area (Å²) in [5.41, 5.74) is 0.922. The molecule has 6 heteroatoms. The van der Waals surface area contributed by atoms with Crippen LogP contribution in [0.5, 0.6) is 5.75 Å². The van der Waals surface area contributed by atoms with E-state index in [1.54, 1.807) is 0 Å². The maximum Gasteiger partial charge on any atom is 0.324 e. The molecule has 30 heavy (non-hydrogen) atoms. The molecule has 5 nitrogen and oxygen atoms in total. The Bertz CT molecular complexity index is 807. The molecule has 0 atom stereocenters. The number of nitrogens with zero attached hydrogens (tertiary/aromatic N) is 3. The predicted molar refractivity (Wildman–Crippen MR) is 121 cm³/mol. The van der Waals surface area contributed by atoms with Crippen LogP contribution in [0.2, 0.25) is 5.02 Å². The van der Waals surface area contributed by atoms with Gasteiger partial charge >= 0.3 is 6.03 Å². The highest BCUT2D eigenvalue weighted by molar-refractivity contribution is 6.30. The standard InChI is InChI=1S/C24H30ClN3O2/c25-21-6-8-22(9-7-21)28-18-17-27(24(28)29)16-15-26-13-10-20(11-14-26)12-19-30-23-4-2-1-3-5-23/h1-9,20H,10-19H2. The molecule has 0 aliphatic carbocycles. The van der Waals surface area contributed by atoms with Crippen LogP contribution in [0.25, 0.3) is 0 Å². The van der Waals surface area contributed by atoms with Crippen molar-refractivity contribution in [3.05, 3.63) is 59.6 Å². The number of halogens is 1. The van der Waals surface area contributed by atoms with Gasteiger partial charge in [-0.3, -0.25) is 4.90 Å². The normalized spacial score (nSPS) is 18.2. The highest BCUT2D eigenvalue weighted by Gasteiger charge is 2.30. The van der Waals surface area contributed by atoms with E-state index < -0.39 is 0 Å². The molecule has 2 aliphatic heterocycles. The number of benzene rings is 2. The van der Waals surface area contributed by atoms with Gasteiger partial charge in [0.25, 0.3) is 0 Å². The highest BCUT2D eigenvalue weighted by Crippen LogP contribution is 2.24. The summed E-state index contributed by atoms with van der Waals surface area (Å²) >= 11 is 5.96. The summed E-state index contributed by atoms with van der Waals surface area (Å²) in [6.07, 6.45) is 3.54. The van der Waals surface area contributed by atoms with Crippen molar-refractivity contribution in [3.63, 3.8) is 0 Å². The molecule has 2 amide bonds. The molecular weight excluding hydrogens is 398 g/mol. The van der Waals surface area contributed by atoms with Gasteiger partial charge in [0.15, 0.2) is 0 Å². The topological polar surface area (TPSA) is 36.0 Å². The second-order valence-corrected chi connectivity index (χ2v) is 8.57. The summed E-state index contributed by atoms with van der Waals surface area (Å²) < 4.78 is 5.85. The predicted octanol–water partition coefficient (Wildman–Crippen LogP) is 4.76. The molecule has 2 aromatic carbocycles. The summed E-state index contributed by atoms with van der Waals surface area (Å²) in [7, 11) is 0. The average molecular weight is 428 g/mol. The Morgan fingerprint density at radius 3 is 2.37 bits per heavy atom. The Hall–Kier alpha value is -2.24. The Morgan fingerprint density at radius 2 is 1.63 bits per heavy atom. The van der Waals surface area contributed by atoms with Gasteiger partial charge in [-0.2, -0.15) is 0 Å². The Morgan fingerprint density at radius 1 is 0.900 bits per heavy atom. The number of likely N-dealkylation sites (tertiary alicyclic amines) is 1. The van der Waals surface area contributed by atoms with Gasteiger partial charge in [0, 0.05) is 36.9 Å². The van der Waals surface area contributed by atoms with Gasteiger partial charge in [-0.1, -0.05) is 29.8 Å². The maximum atomic E-state index is 12.7. The van der Waals surface area contributed by atoms with Gasteiger partial charge in [0.05, 0.1) is 6.61 Å². The first kappa shape index (κ1) is 21.0. The quantitative estimate of drug-likeness (QED) is 0.609. The van der Waals surface area contributed by atoms with Crippen molar-refractivity contribution in [3.8, 4) is 5.75 Å². The number of carbonyl (C=O) groups excluding carboxylic acids is 1. The number of carbonyl (C=O) groups is 1. The van der Waals surface area contributed by atoms with E-state index >= 15 is 0 Å². The maximum absolute atomic E-state index is 12.7. The van der Waals surface area contributed by atoms with Crippen molar-refractivity contribution in [1.82, 2.24) is 9.80 Å². The van der Waals surface area contributed by atoms with Gasteiger partial charge in [0.2, 0.25) is 0 Å². The Labute approximate surface area is 184 Å². The van der Waals surface area contributed by atoms with E-state index in [4.69, 9.17) is 16.3 Å². The molecule has 2 heterocycles. The first-order chi connectivity index (χ1) is 14.7. The van der Waals surface area contributed by atoms with Crippen molar-refractivity contribution in [2.75, 3.05) is 50.8 Å². The molecule has 0 spiro atoms. The first-order valence-corrected chi connectivity index (χ1v) is 11.3. The second-order valence-electron chi connectivity index (χ2n) is 8.13. The molecule has 2 saturated heterocycles. The van der Waals surface area contributed by atoms with Crippen molar-refractivity contribution in [2.45, 2.75) is 19.3 Å². The van der Waals surface area contributed by atoms with E-state index in [-0.39, 0.29) is 6.03 Å². The fraction of sp³-hybridized carbons (Fsp3) is 0.458. The van der Waals surface area contributed by atoms with E-state index in [9.17, 15) is 4.79 Å². The fourth-order valence-electron chi connectivity index (χ4n) is 4.27. The van der Waals surface area contributed by atoms with Gasteiger partial charge in [-0.15, -0.1) is 0 Å². The van der Waals surface area contributed by atoms with Crippen molar-refractivity contribution >= 4 is 23.3 Å². The molecular formula is C24H30ClN3O2. The van der Waals surface area contributed by atoms with E-state index in [1.165, 1.54) is 12.8 Å². The zero-order valence-corrected chi connectivity index (χ0v) is 18.1. The van der Waals surface area contributed by atoms with E-state index in [1.807, 2.05) is 64.4 Å². The summed E-state index contributed by atoms with van der Waals surface area (Å²) in [5.74, 6) is 1.69. The minimum absolute atomic E-state index is 0.102. The van der Waals surface area contributed by atoms with Gasteiger partial charge < -0.3 is 14.5 Å². The molecule has 0 saturated carbocycles. The number of anilines is 1. The molecule has 2 aliphatic rings. The smallest absolute Gasteiger partial charge is 0.324 e. The van der Waals surface area contributed by atoms with E-state index in [2.05, 4.69) is 4.90 Å². The number of piperidine rings is 1. The minimum atomic E-state index is 0.102. The lowest BCUT2D eigenvalue weighted by atomic mass is 9.94. The third kappa shape index (κ3) is 5.46. The second kappa shape index (κ2) is 10.2. The van der Waals surface area contributed by atoms with Gasteiger partial charge in [0.1, 0.15) is 5.75 Å². The third-order valence-electron chi connectivity index (χ3n) is 6.16. The summed E-state index contributed by atoms with van der Waals surface area (Å²) in [6, 6.07) is 17.6. The van der Waals surface area contributed by atoms with Crippen molar-refractivity contribution in [1.29, 1.82) is 0 Å². The number of hydrogen-bond acceptors (Lipinski definition) is 3. The zero-order valence-electron chi connectivity index (χ0n) is 17.4. The minimum Gasteiger partial charge on any atom is -0.494 e. The van der Waals surface area contributed by atoms with E-state index in [0.717, 1.165) is 69.7 Å². The molecule has 0 bridgehead atoms. The summed E-state index contributed by atoms with van der Waals surface area (Å²) in [4.78, 5) is 19.0. The van der Waals surface area contributed by atoms with Crippen LogP contribution in [0, 0.1) is 5.92 Å². The third-order valence-corrected chi connectivity index (χ3v) is 6.42. The molecule has 2 fully saturated rings. The highest BCUT2D eigenvalue weighted by atomic mass is 35.5. The first-order valence-electron chi connectivity index (χ1n) is 10.9. The van der Waals surface area contributed by atoms with E-state index in [0.29, 0.717) is 5.02 Å². The fourth-order valence-corrected chi connectivity index (χ4v) is 4.40.